The molecule has 0 atom stereocenters. The Kier molecular flexibility index (Phi) is 6.41. The second-order valence-corrected chi connectivity index (χ2v) is 15.2. The topological polar surface area (TPSA) is 36.1 Å². The third-order valence-electron chi connectivity index (χ3n) is 12.1. The van der Waals surface area contributed by atoms with E-state index in [0.29, 0.717) is 0 Å². The Balaban J connectivity index is 1.13. The van der Waals surface area contributed by atoms with Crippen LogP contribution in [0.1, 0.15) is 0 Å². The molecular formula is C54H32N2O2. The van der Waals surface area contributed by atoms with Crippen molar-refractivity contribution in [1.29, 1.82) is 0 Å². The summed E-state index contributed by atoms with van der Waals surface area (Å²) in [6.45, 7) is 0. The Morgan fingerprint density at radius 3 is 1.64 bits per heavy atom. The smallest absolute Gasteiger partial charge is 0.137 e. The summed E-state index contributed by atoms with van der Waals surface area (Å²) in [4.78, 5) is 0. The summed E-state index contributed by atoms with van der Waals surface area (Å²) in [6.07, 6.45) is 0. The molecule has 13 aromatic rings. The standard InChI is InChI=1S/C54H32N2O2/c1-2-11-33(12-3-1)34-21-25-37(26-22-34)55-43-16-7-4-14-39(43)53-46(55)28-29-47-54(53)42-32-35(36-24-30-50-41(31-36)38-13-5-8-18-48(38)57-50)23-27-44(42)56(47)45-17-10-20-51-52(45)40-15-6-9-19-49(40)58-51/h1-32H. The number of rotatable bonds is 4. The lowest BCUT2D eigenvalue weighted by Crippen LogP contribution is -1.95. The van der Waals surface area contributed by atoms with E-state index < -0.39 is 0 Å². The van der Waals surface area contributed by atoms with Crippen LogP contribution < -0.4 is 0 Å². The summed E-state index contributed by atoms with van der Waals surface area (Å²) < 4.78 is 17.5. The van der Waals surface area contributed by atoms with Crippen LogP contribution in [0.2, 0.25) is 0 Å². The second kappa shape index (κ2) is 11.8. The highest BCUT2D eigenvalue weighted by Crippen LogP contribution is 2.45. The van der Waals surface area contributed by atoms with Crippen molar-refractivity contribution >= 4 is 87.5 Å². The number of fused-ring (bicyclic) bond motifs is 13. The molecule has 0 radical (unpaired) electrons. The van der Waals surface area contributed by atoms with E-state index in [4.69, 9.17) is 8.83 Å². The maximum Gasteiger partial charge on any atom is 0.137 e. The molecule has 13 rings (SSSR count). The Hall–Kier alpha value is -7.82. The molecule has 0 fully saturated rings. The van der Waals surface area contributed by atoms with Crippen LogP contribution in [-0.4, -0.2) is 9.13 Å². The summed E-state index contributed by atoms with van der Waals surface area (Å²) in [6, 6.07) is 69.6. The molecule has 270 valence electrons. The predicted octanol–water partition coefficient (Wildman–Crippen LogP) is 15.0. The highest BCUT2D eigenvalue weighted by Gasteiger charge is 2.23. The molecule has 9 aromatic carbocycles. The van der Waals surface area contributed by atoms with Crippen molar-refractivity contribution in [3.63, 3.8) is 0 Å². The van der Waals surface area contributed by atoms with Crippen molar-refractivity contribution in [2.45, 2.75) is 0 Å². The Bertz CT molecular complexity index is 3780. The van der Waals surface area contributed by atoms with Crippen LogP contribution >= 0.6 is 0 Å². The number of nitrogens with zero attached hydrogens (tertiary/aromatic N) is 2. The Morgan fingerprint density at radius 2 is 0.810 bits per heavy atom. The Morgan fingerprint density at radius 1 is 0.276 bits per heavy atom. The van der Waals surface area contributed by atoms with Gasteiger partial charge in [-0.2, -0.15) is 0 Å². The normalized spacial score (nSPS) is 12.1. The van der Waals surface area contributed by atoms with Crippen LogP contribution in [-0.2, 0) is 0 Å². The van der Waals surface area contributed by atoms with Gasteiger partial charge in [-0.25, -0.2) is 0 Å². The predicted molar refractivity (Wildman–Crippen MR) is 241 cm³/mol. The molecule has 0 aliphatic rings. The van der Waals surface area contributed by atoms with E-state index in [-0.39, 0.29) is 0 Å². The van der Waals surface area contributed by atoms with E-state index in [1.165, 1.54) is 43.7 Å². The van der Waals surface area contributed by atoms with Gasteiger partial charge in [0, 0.05) is 43.4 Å². The number of hydrogen-bond donors (Lipinski definition) is 0. The molecule has 0 N–H and O–H groups in total. The van der Waals surface area contributed by atoms with Gasteiger partial charge in [0.2, 0.25) is 0 Å². The summed E-state index contributed by atoms with van der Waals surface area (Å²) >= 11 is 0. The van der Waals surface area contributed by atoms with Crippen LogP contribution in [0.25, 0.3) is 121 Å². The molecular weight excluding hydrogens is 709 g/mol. The maximum atomic E-state index is 6.44. The van der Waals surface area contributed by atoms with Gasteiger partial charge in [-0.15, -0.1) is 0 Å². The van der Waals surface area contributed by atoms with Crippen molar-refractivity contribution in [2.24, 2.45) is 0 Å². The lowest BCUT2D eigenvalue weighted by Gasteiger charge is -2.11. The van der Waals surface area contributed by atoms with Gasteiger partial charge in [0.1, 0.15) is 22.3 Å². The largest absolute Gasteiger partial charge is 0.456 e. The average molecular weight is 741 g/mol. The fraction of sp³-hybridized carbons (Fsp3) is 0. The first-order valence-corrected chi connectivity index (χ1v) is 19.8. The van der Waals surface area contributed by atoms with Crippen molar-refractivity contribution in [1.82, 2.24) is 9.13 Å². The minimum absolute atomic E-state index is 0.877. The summed E-state index contributed by atoms with van der Waals surface area (Å²) in [5.74, 6) is 0. The molecule has 0 bridgehead atoms. The van der Waals surface area contributed by atoms with Crippen LogP contribution in [0.3, 0.4) is 0 Å². The van der Waals surface area contributed by atoms with Crippen LogP contribution in [0.5, 0.6) is 0 Å². The fourth-order valence-corrected chi connectivity index (χ4v) is 9.57. The molecule has 4 heterocycles. The van der Waals surface area contributed by atoms with E-state index in [1.807, 2.05) is 18.2 Å². The maximum absolute atomic E-state index is 6.44. The summed E-state index contributed by atoms with van der Waals surface area (Å²) in [7, 11) is 0. The van der Waals surface area contributed by atoms with E-state index in [2.05, 4.69) is 185 Å². The first-order valence-electron chi connectivity index (χ1n) is 19.8. The number of aromatic nitrogens is 2. The number of benzene rings is 9. The lowest BCUT2D eigenvalue weighted by atomic mass is 9.99. The molecule has 0 amide bonds. The fourth-order valence-electron chi connectivity index (χ4n) is 9.57. The van der Waals surface area contributed by atoms with Crippen molar-refractivity contribution < 1.29 is 8.83 Å². The molecule has 4 aromatic heterocycles. The van der Waals surface area contributed by atoms with Gasteiger partial charge < -0.3 is 18.0 Å². The zero-order chi connectivity index (χ0) is 37.9. The third-order valence-corrected chi connectivity index (χ3v) is 12.1. The van der Waals surface area contributed by atoms with E-state index in [1.54, 1.807) is 0 Å². The van der Waals surface area contributed by atoms with Gasteiger partial charge in [-0.3, -0.25) is 0 Å². The van der Waals surface area contributed by atoms with Crippen LogP contribution in [0, 0.1) is 0 Å². The Labute approximate surface area is 332 Å². The number of hydrogen-bond acceptors (Lipinski definition) is 2. The quantitative estimate of drug-likeness (QED) is 0.180. The van der Waals surface area contributed by atoms with Gasteiger partial charge in [-0.05, 0) is 101 Å². The van der Waals surface area contributed by atoms with E-state index >= 15 is 0 Å². The van der Waals surface area contributed by atoms with E-state index in [9.17, 15) is 0 Å². The summed E-state index contributed by atoms with van der Waals surface area (Å²) in [5, 5.41) is 9.35. The first kappa shape index (κ1) is 31.4. The lowest BCUT2D eigenvalue weighted by molar-refractivity contribution is 0.668. The van der Waals surface area contributed by atoms with Crippen molar-refractivity contribution in [3.8, 4) is 33.6 Å². The summed E-state index contributed by atoms with van der Waals surface area (Å²) in [5.41, 5.74) is 15.1. The molecule has 0 saturated heterocycles. The second-order valence-electron chi connectivity index (χ2n) is 15.2. The third kappa shape index (κ3) is 4.40. The number of para-hydroxylation sites is 3. The van der Waals surface area contributed by atoms with Crippen molar-refractivity contribution in [2.75, 3.05) is 0 Å². The van der Waals surface area contributed by atoms with Crippen molar-refractivity contribution in [3.05, 3.63) is 194 Å². The van der Waals surface area contributed by atoms with Crippen LogP contribution in [0.4, 0.5) is 0 Å². The molecule has 58 heavy (non-hydrogen) atoms. The first-order chi connectivity index (χ1) is 28.8. The minimum Gasteiger partial charge on any atom is -0.456 e. The highest BCUT2D eigenvalue weighted by molar-refractivity contribution is 6.29. The van der Waals surface area contributed by atoms with Gasteiger partial charge in [0.15, 0.2) is 0 Å². The molecule has 0 spiro atoms. The van der Waals surface area contributed by atoms with Gasteiger partial charge in [0.05, 0.1) is 33.1 Å². The monoisotopic (exact) mass is 740 g/mol. The van der Waals surface area contributed by atoms with Crippen LogP contribution in [0.15, 0.2) is 203 Å². The van der Waals surface area contributed by atoms with Gasteiger partial charge in [-0.1, -0.05) is 115 Å². The number of furan rings is 2. The molecule has 0 saturated carbocycles. The SMILES string of the molecule is c1ccc(-c2ccc(-n3c4ccccc4c4c5c6cc(-c7ccc8oc9ccccc9c8c7)ccc6n(-c6cccc7oc8ccccc8c67)c5ccc43)cc2)cc1. The van der Waals surface area contributed by atoms with Gasteiger partial charge >= 0.3 is 0 Å². The molecule has 4 nitrogen and oxygen atoms in total. The molecule has 0 aliphatic heterocycles. The van der Waals surface area contributed by atoms with Gasteiger partial charge in [0.25, 0.3) is 0 Å². The zero-order valence-electron chi connectivity index (χ0n) is 31.2. The van der Waals surface area contributed by atoms with E-state index in [0.717, 1.165) is 77.4 Å². The molecule has 4 heteroatoms. The molecule has 0 unspecified atom stereocenters. The minimum atomic E-state index is 0.877. The average Bonchev–Trinajstić information content (AvgIpc) is 4.04. The highest BCUT2D eigenvalue weighted by atomic mass is 16.3. The molecule has 0 aliphatic carbocycles. The zero-order valence-corrected chi connectivity index (χ0v) is 31.2.